The fourth-order valence-corrected chi connectivity index (χ4v) is 5.26. The van der Waals surface area contributed by atoms with Gasteiger partial charge in [0.1, 0.15) is 20.3 Å². The van der Waals surface area contributed by atoms with Crippen LogP contribution < -0.4 is 4.74 Å². The van der Waals surface area contributed by atoms with Crippen molar-refractivity contribution < 1.29 is 18.7 Å². The highest BCUT2D eigenvalue weighted by Gasteiger charge is 2.61. The lowest BCUT2D eigenvalue weighted by molar-refractivity contribution is -0.136. The molecule has 9 heteroatoms. The van der Waals surface area contributed by atoms with Crippen LogP contribution in [0.3, 0.4) is 0 Å². The molecule has 0 radical (unpaired) electrons. The van der Waals surface area contributed by atoms with Gasteiger partial charge < -0.3 is 9.15 Å². The molecule has 2 atom stereocenters. The SMILES string of the molecule is CC1(C)[C@@H](C=C(Cl)Cl)[C@@H]1C(=O)Oc1ccc(/C=C2\SC(=S)N(Cc3ccco3)C2=O)cc1. The van der Waals surface area contributed by atoms with Gasteiger partial charge in [0.2, 0.25) is 0 Å². The molecule has 32 heavy (non-hydrogen) atoms. The van der Waals surface area contributed by atoms with E-state index in [1.165, 1.54) is 16.7 Å². The Morgan fingerprint density at radius 3 is 2.62 bits per heavy atom. The van der Waals surface area contributed by atoms with Crippen LogP contribution in [0.1, 0.15) is 25.2 Å². The Bertz CT molecular complexity index is 1120. The number of hydrogen-bond donors (Lipinski definition) is 0. The van der Waals surface area contributed by atoms with Crippen LogP contribution in [0, 0.1) is 17.3 Å². The number of benzene rings is 1. The van der Waals surface area contributed by atoms with Crippen molar-refractivity contribution in [2.45, 2.75) is 20.4 Å². The van der Waals surface area contributed by atoms with Crippen LogP contribution in [0.5, 0.6) is 5.75 Å². The number of esters is 1. The molecule has 0 spiro atoms. The molecule has 1 saturated carbocycles. The number of furan rings is 1. The number of ether oxygens (including phenoxy) is 1. The lowest BCUT2D eigenvalue weighted by Crippen LogP contribution is -2.27. The van der Waals surface area contributed by atoms with Crippen molar-refractivity contribution in [3.63, 3.8) is 0 Å². The van der Waals surface area contributed by atoms with Gasteiger partial charge in [0.25, 0.3) is 5.91 Å². The Hall–Kier alpha value is -2.06. The van der Waals surface area contributed by atoms with Gasteiger partial charge in [0.05, 0.1) is 23.6 Å². The Kier molecular flexibility index (Phi) is 6.54. The minimum absolute atomic E-state index is 0.0534. The van der Waals surface area contributed by atoms with Crippen molar-refractivity contribution in [3.8, 4) is 5.75 Å². The van der Waals surface area contributed by atoms with Crippen LogP contribution in [0.4, 0.5) is 0 Å². The van der Waals surface area contributed by atoms with E-state index in [1.54, 1.807) is 54.8 Å². The standard InChI is InChI=1S/C23H19Cl2NO4S2/c1-23(2)16(11-18(24)25)19(23)21(28)30-14-7-5-13(6-8-14)10-17-20(27)26(22(31)32-17)12-15-4-3-9-29-15/h3-11,16,19H,12H2,1-2H3/b17-10-/t16-,19+/m0/s1. The Morgan fingerprint density at radius 1 is 1.28 bits per heavy atom. The zero-order valence-corrected chi connectivity index (χ0v) is 20.4. The second-order valence-electron chi connectivity index (χ2n) is 8.12. The van der Waals surface area contributed by atoms with Gasteiger partial charge in [0.15, 0.2) is 0 Å². The summed E-state index contributed by atoms with van der Waals surface area (Å²) in [6.45, 7) is 4.25. The molecule has 0 N–H and O–H groups in total. The zero-order valence-electron chi connectivity index (χ0n) is 17.2. The molecule has 166 valence electrons. The Balaban J connectivity index is 1.40. The van der Waals surface area contributed by atoms with Crippen LogP contribution in [0.2, 0.25) is 0 Å². The third-order valence-corrected chi connectivity index (χ3v) is 7.26. The number of carbonyl (C=O) groups is 2. The van der Waals surface area contributed by atoms with Gasteiger partial charge in [0, 0.05) is 0 Å². The molecular formula is C23H19Cl2NO4S2. The predicted molar refractivity (Wildman–Crippen MR) is 130 cm³/mol. The summed E-state index contributed by atoms with van der Waals surface area (Å²) in [4.78, 5) is 27.3. The van der Waals surface area contributed by atoms with E-state index in [2.05, 4.69) is 0 Å². The summed E-state index contributed by atoms with van der Waals surface area (Å²) in [5, 5.41) is 0. The molecule has 0 unspecified atom stereocenters. The zero-order chi connectivity index (χ0) is 23.0. The summed E-state index contributed by atoms with van der Waals surface area (Å²) in [6.07, 6.45) is 5.01. The molecule has 4 rings (SSSR count). The second kappa shape index (κ2) is 9.06. The van der Waals surface area contributed by atoms with E-state index in [1.807, 2.05) is 13.8 Å². The monoisotopic (exact) mass is 507 g/mol. The highest BCUT2D eigenvalue weighted by Crippen LogP contribution is 2.60. The van der Waals surface area contributed by atoms with Gasteiger partial charge in [-0.1, -0.05) is 73.2 Å². The molecule has 1 amide bonds. The Morgan fingerprint density at radius 2 is 2.00 bits per heavy atom. The number of rotatable bonds is 6. The number of halogens is 2. The smallest absolute Gasteiger partial charge is 0.315 e. The molecule has 1 saturated heterocycles. The van der Waals surface area contributed by atoms with Gasteiger partial charge in [-0.3, -0.25) is 14.5 Å². The van der Waals surface area contributed by atoms with Gasteiger partial charge >= 0.3 is 5.97 Å². The number of amides is 1. The number of carbonyl (C=O) groups excluding carboxylic acids is 2. The first-order valence-corrected chi connectivity index (χ1v) is 11.8. The minimum Gasteiger partial charge on any atom is -0.467 e. The van der Waals surface area contributed by atoms with E-state index in [4.69, 9.17) is 44.6 Å². The number of thiocarbonyl (C=S) groups is 1. The van der Waals surface area contributed by atoms with Gasteiger partial charge in [-0.25, -0.2) is 0 Å². The first kappa shape index (κ1) is 23.1. The topological polar surface area (TPSA) is 59.8 Å². The van der Waals surface area contributed by atoms with Crippen molar-refractivity contribution in [2.24, 2.45) is 17.3 Å². The van der Waals surface area contributed by atoms with Crippen molar-refractivity contribution in [2.75, 3.05) is 0 Å². The van der Waals surface area contributed by atoms with E-state index in [0.29, 0.717) is 27.3 Å². The predicted octanol–water partition coefficient (Wildman–Crippen LogP) is 6.18. The average molecular weight is 508 g/mol. The van der Waals surface area contributed by atoms with Crippen molar-refractivity contribution >= 4 is 69.5 Å². The molecule has 2 fully saturated rings. The number of hydrogen-bond acceptors (Lipinski definition) is 6. The first-order chi connectivity index (χ1) is 15.2. The second-order valence-corrected chi connectivity index (χ2v) is 10.8. The largest absolute Gasteiger partial charge is 0.467 e. The van der Waals surface area contributed by atoms with Crippen molar-refractivity contribution in [1.29, 1.82) is 0 Å². The van der Waals surface area contributed by atoms with E-state index in [9.17, 15) is 9.59 Å². The fraction of sp³-hybridized carbons (Fsp3) is 0.261. The van der Waals surface area contributed by atoms with Crippen LogP contribution >= 0.6 is 47.2 Å². The van der Waals surface area contributed by atoms with Gasteiger partial charge in [-0.05, 0) is 53.3 Å². The molecule has 2 heterocycles. The molecule has 0 bridgehead atoms. The lowest BCUT2D eigenvalue weighted by atomic mass is 10.1. The number of thioether (sulfide) groups is 1. The molecule has 1 aromatic heterocycles. The molecule has 1 aromatic carbocycles. The number of allylic oxidation sites excluding steroid dienone is 1. The molecule has 1 aliphatic carbocycles. The maximum atomic E-state index is 12.7. The Labute approximate surface area is 205 Å². The summed E-state index contributed by atoms with van der Waals surface area (Å²) in [6, 6.07) is 10.5. The summed E-state index contributed by atoms with van der Waals surface area (Å²) in [5.41, 5.74) is 0.543. The van der Waals surface area contributed by atoms with Crippen LogP contribution in [0.15, 0.2) is 62.6 Å². The summed E-state index contributed by atoms with van der Waals surface area (Å²) in [7, 11) is 0. The number of nitrogens with zero attached hydrogens (tertiary/aromatic N) is 1. The van der Waals surface area contributed by atoms with Crippen LogP contribution in [0.25, 0.3) is 6.08 Å². The summed E-state index contributed by atoms with van der Waals surface area (Å²) >= 11 is 18.1. The van der Waals surface area contributed by atoms with E-state index in [-0.39, 0.29) is 33.6 Å². The highest BCUT2D eigenvalue weighted by atomic mass is 35.5. The lowest BCUT2D eigenvalue weighted by Gasteiger charge is -2.11. The molecule has 2 aromatic rings. The van der Waals surface area contributed by atoms with Crippen molar-refractivity contribution in [3.05, 3.63) is 69.5 Å². The third kappa shape index (κ3) is 4.81. The maximum absolute atomic E-state index is 12.7. The summed E-state index contributed by atoms with van der Waals surface area (Å²) < 4.78 is 11.5. The fourth-order valence-electron chi connectivity index (χ4n) is 3.73. The minimum atomic E-state index is -0.322. The average Bonchev–Trinajstić information content (AvgIpc) is 3.07. The third-order valence-electron chi connectivity index (χ3n) is 5.63. The van der Waals surface area contributed by atoms with Gasteiger partial charge in [-0.2, -0.15) is 0 Å². The van der Waals surface area contributed by atoms with Crippen LogP contribution in [-0.2, 0) is 16.1 Å². The maximum Gasteiger partial charge on any atom is 0.315 e. The first-order valence-electron chi connectivity index (χ1n) is 9.79. The van der Waals surface area contributed by atoms with Crippen molar-refractivity contribution in [1.82, 2.24) is 4.90 Å². The van der Waals surface area contributed by atoms with Gasteiger partial charge in [-0.15, -0.1) is 0 Å². The highest BCUT2D eigenvalue weighted by molar-refractivity contribution is 8.26. The molecule has 1 aliphatic heterocycles. The molecule has 5 nitrogen and oxygen atoms in total. The summed E-state index contributed by atoms with van der Waals surface area (Å²) in [5.74, 6) is 0.253. The van der Waals surface area contributed by atoms with E-state index < -0.39 is 0 Å². The quantitative estimate of drug-likeness (QED) is 0.201. The molecular weight excluding hydrogens is 489 g/mol. The molecule has 2 aliphatic rings. The van der Waals surface area contributed by atoms with E-state index in [0.717, 1.165) is 5.56 Å². The normalized spacial score (nSPS) is 22.9. The van der Waals surface area contributed by atoms with E-state index >= 15 is 0 Å². The van der Waals surface area contributed by atoms with Crippen LogP contribution in [-0.4, -0.2) is 21.1 Å².